The van der Waals surface area contributed by atoms with Gasteiger partial charge >= 0.3 is 0 Å². The maximum atomic E-state index is 11.4. The van der Waals surface area contributed by atoms with E-state index in [0.717, 1.165) is 12.6 Å². The van der Waals surface area contributed by atoms with Crippen LogP contribution in [0.4, 0.5) is 11.5 Å². The highest BCUT2D eigenvalue weighted by molar-refractivity contribution is 7.91. The molecular formula is C10H13N3O4S. The second-order valence-corrected chi connectivity index (χ2v) is 6.49. The molecule has 8 heteroatoms. The number of hydrogen-bond donors (Lipinski definition) is 1. The fourth-order valence-electron chi connectivity index (χ4n) is 1.93. The largest absolute Gasteiger partial charge is 0.366 e. The summed E-state index contributed by atoms with van der Waals surface area (Å²) in [5, 5.41) is 13.4. The van der Waals surface area contributed by atoms with E-state index < -0.39 is 14.8 Å². The second kappa shape index (κ2) is 4.89. The zero-order chi connectivity index (χ0) is 13.2. The number of pyridine rings is 1. The van der Waals surface area contributed by atoms with Gasteiger partial charge in [0.05, 0.1) is 16.4 Å². The van der Waals surface area contributed by atoms with Crippen LogP contribution in [0.3, 0.4) is 0 Å². The summed E-state index contributed by atoms with van der Waals surface area (Å²) in [5.41, 5.74) is -0.0863. The average Bonchev–Trinajstić information content (AvgIpc) is 2.28. The van der Waals surface area contributed by atoms with Gasteiger partial charge in [-0.15, -0.1) is 0 Å². The quantitative estimate of drug-likeness (QED) is 0.649. The van der Waals surface area contributed by atoms with Crippen molar-refractivity contribution in [2.75, 3.05) is 16.8 Å². The van der Waals surface area contributed by atoms with Gasteiger partial charge in [-0.05, 0) is 18.9 Å². The molecule has 2 rings (SSSR count). The van der Waals surface area contributed by atoms with E-state index in [1.54, 1.807) is 0 Å². The molecule has 0 radical (unpaired) electrons. The average molecular weight is 271 g/mol. The Labute approximate surface area is 104 Å². The number of rotatable bonds is 3. The monoisotopic (exact) mass is 271 g/mol. The lowest BCUT2D eigenvalue weighted by atomic mass is 10.2. The Balaban J connectivity index is 2.03. The van der Waals surface area contributed by atoms with Crippen LogP contribution in [-0.4, -0.2) is 35.9 Å². The van der Waals surface area contributed by atoms with Crippen molar-refractivity contribution in [1.29, 1.82) is 0 Å². The van der Waals surface area contributed by atoms with Gasteiger partial charge in [-0.3, -0.25) is 10.1 Å². The van der Waals surface area contributed by atoms with Gasteiger partial charge in [0.1, 0.15) is 12.0 Å². The van der Waals surface area contributed by atoms with Crippen LogP contribution in [-0.2, 0) is 9.84 Å². The molecule has 0 amide bonds. The lowest BCUT2D eigenvalue weighted by Crippen LogP contribution is -2.35. The maximum absolute atomic E-state index is 11.4. The van der Waals surface area contributed by atoms with Crippen molar-refractivity contribution in [3.63, 3.8) is 0 Å². The van der Waals surface area contributed by atoms with Crippen molar-refractivity contribution in [2.45, 2.75) is 18.9 Å². The van der Waals surface area contributed by atoms with Crippen LogP contribution >= 0.6 is 0 Å². The van der Waals surface area contributed by atoms with E-state index in [-0.39, 0.29) is 23.2 Å². The summed E-state index contributed by atoms with van der Waals surface area (Å²) < 4.78 is 22.9. The molecule has 1 saturated heterocycles. The molecule has 1 aromatic rings. The molecule has 98 valence electrons. The predicted molar refractivity (Wildman–Crippen MR) is 66.2 cm³/mol. The molecule has 1 aliphatic heterocycles. The summed E-state index contributed by atoms with van der Waals surface area (Å²) in [6.07, 6.45) is 2.55. The van der Waals surface area contributed by atoms with Gasteiger partial charge in [-0.25, -0.2) is 13.4 Å². The van der Waals surface area contributed by atoms with E-state index in [0.29, 0.717) is 12.2 Å². The Bertz CT molecular complexity index is 541. The Morgan fingerprint density at radius 3 is 2.78 bits per heavy atom. The molecule has 2 heterocycles. The summed E-state index contributed by atoms with van der Waals surface area (Å²) in [5.74, 6) is 0.785. The van der Waals surface area contributed by atoms with E-state index in [9.17, 15) is 18.5 Å². The van der Waals surface area contributed by atoms with Crippen LogP contribution in [0.15, 0.2) is 18.3 Å². The molecule has 18 heavy (non-hydrogen) atoms. The zero-order valence-corrected chi connectivity index (χ0v) is 10.4. The van der Waals surface area contributed by atoms with Crippen molar-refractivity contribution >= 4 is 21.3 Å². The van der Waals surface area contributed by atoms with E-state index in [1.165, 1.54) is 12.1 Å². The van der Waals surface area contributed by atoms with Gasteiger partial charge in [0.2, 0.25) is 0 Å². The third-order valence-electron chi connectivity index (χ3n) is 2.77. The first-order chi connectivity index (χ1) is 8.46. The van der Waals surface area contributed by atoms with Crippen LogP contribution in [0.1, 0.15) is 12.8 Å². The van der Waals surface area contributed by atoms with Crippen LogP contribution in [0.5, 0.6) is 0 Å². The Morgan fingerprint density at radius 1 is 1.44 bits per heavy atom. The summed E-state index contributed by atoms with van der Waals surface area (Å²) >= 11 is 0. The molecule has 1 atom stereocenters. The highest BCUT2D eigenvalue weighted by Crippen LogP contribution is 2.17. The van der Waals surface area contributed by atoms with Crippen molar-refractivity contribution in [3.05, 3.63) is 28.4 Å². The minimum Gasteiger partial charge on any atom is -0.366 e. The van der Waals surface area contributed by atoms with Crippen molar-refractivity contribution < 1.29 is 13.3 Å². The van der Waals surface area contributed by atoms with Crippen LogP contribution in [0.25, 0.3) is 0 Å². The topological polar surface area (TPSA) is 102 Å². The molecule has 1 aliphatic rings. The van der Waals surface area contributed by atoms with Crippen LogP contribution < -0.4 is 5.32 Å². The fourth-order valence-corrected chi connectivity index (χ4v) is 3.56. The first-order valence-electron chi connectivity index (χ1n) is 5.54. The Hall–Kier alpha value is -1.70. The Morgan fingerprint density at radius 2 is 2.22 bits per heavy atom. The van der Waals surface area contributed by atoms with Crippen molar-refractivity contribution in [3.8, 4) is 0 Å². The molecule has 1 aromatic heterocycles. The molecule has 1 fully saturated rings. The van der Waals surface area contributed by atoms with Crippen molar-refractivity contribution in [1.82, 2.24) is 4.98 Å². The Kier molecular flexibility index (Phi) is 3.46. The van der Waals surface area contributed by atoms with Gasteiger partial charge in [0.15, 0.2) is 9.84 Å². The predicted octanol–water partition coefficient (Wildman–Crippen LogP) is 0.979. The standard InChI is InChI=1S/C10H13N3O4S/c14-13(15)9-3-4-10(11-6-9)12-8-2-1-5-18(16,17)7-8/h3-4,6,8H,1-2,5,7H2,(H,11,12). The van der Waals surface area contributed by atoms with Crippen LogP contribution in [0, 0.1) is 10.1 Å². The maximum Gasteiger partial charge on any atom is 0.287 e. The molecule has 1 N–H and O–H groups in total. The van der Waals surface area contributed by atoms with Gasteiger partial charge in [0, 0.05) is 12.1 Å². The molecule has 0 saturated carbocycles. The van der Waals surface area contributed by atoms with E-state index >= 15 is 0 Å². The van der Waals surface area contributed by atoms with Crippen LogP contribution in [0.2, 0.25) is 0 Å². The number of nitro groups is 1. The lowest BCUT2D eigenvalue weighted by Gasteiger charge is -2.23. The highest BCUT2D eigenvalue weighted by atomic mass is 32.2. The summed E-state index contributed by atoms with van der Waals surface area (Å²) in [6, 6.07) is 2.66. The third kappa shape index (κ3) is 3.16. The number of anilines is 1. The third-order valence-corrected chi connectivity index (χ3v) is 4.59. The van der Waals surface area contributed by atoms with Gasteiger partial charge in [-0.2, -0.15) is 0 Å². The molecule has 0 bridgehead atoms. The molecule has 1 unspecified atom stereocenters. The van der Waals surface area contributed by atoms with E-state index in [2.05, 4.69) is 10.3 Å². The number of sulfone groups is 1. The number of nitrogens with one attached hydrogen (secondary N) is 1. The smallest absolute Gasteiger partial charge is 0.287 e. The zero-order valence-electron chi connectivity index (χ0n) is 9.57. The summed E-state index contributed by atoms with van der Waals surface area (Å²) in [6.45, 7) is 0. The highest BCUT2D eigenvalue weighted by Gasteiger charge is 2.24. The van der Waals surface area contributed by atoms with Crippen molar-refractivity contribution in [2.24, 2.45) is 0 Å². The molecule has 0 aliphatic carbocycles. The number of hydrogen-bond acceptors (Lipinski definition) is 6. The van der Waals surface area contributed by atoms with E-state index in [1.807, 2.05) is 0 Å². The summed E-state index contributed by atoms with van der Waals surface area (Å²) in [7, 11) is -2.97. The molecule has 0 spiro atoms. The first kappa shape index (κ1) is 12.7. The van der Waals surface area contributed by atoms with Gasteiger partial charge in [-0.1, -0.05) is 0 Å². The second-order valence-electron chi connectivity index (χ2n) is 4.26. The first-order valence-corrected chi connectivity index (χ1v) is 7.36. The lowest BCUT2D eigenvalue weighted by molar-refractivity contribution is -0.385. The minimum absolute atomic E-state index is 0.0863. The normalized spacial score (nSPS) is 22.3. The summed E-state index contributed by atoms with van der Waals surface area (Å²) in [4.78, 5) is 13.8. The van der Waals surface area contributed by atoms with Gasteiger partial charge in [0.25, 0.3) is 5.69 Å². The fraction of sp³-hybridized carbons (Fsp3) is 0.500. The molecular weight excluding hydrogens is 258 g/mol. The molecule has 0 aromatic carbocycles. The SMILES string of the molecule is O=[N+]([O-])c1ccc(NC2CCCS(=O)(=O)C2)nc1. The number of aromatic nitrogens is 1. The number of nitrogens with zero attached hydrogens (tertiary/aromatic N) is 2. The minimum atomic E-state index is -2.97. The van der Waals surface area contributed by atoms with E-state index in [4.69, 9.17) is 0 Å². The van der Waals surface area contributed by atoms with Gasteiger partial charge < -0.3 is 5.32 Å². The molecule has 7 nitrogen and oxygen atoms in total.